The summed E-state index contributed by atoms with van der Waals surface area (Å²) < 4.78 is 5.32. The molecule has 0 spiro atoms. The highest BCUT2D eigenvalue weighted by atomic mass is 35.5. The van der Waals surface area contributed by atoms with Gasteiger partial charge < -0.3 is 10.5 Å². The number of ether oxygens (including phenoxy) is 1. The van der Waals surface area contributed by atoms with E-state index in [4.69, 9.17) is 34.3 Å². The minimum Gasteiger partial charge on any atom is -0.496 e. The third-order valence-electron chi connectivity index (χ3n) is 2.43. The van der Waals surface area contributed by atoms with Gasteiger partial charge in [0.2, 0.25) is 0 Å². The molecule has 1 aromatic carbocycles. The quantitative estimate of drug-likeness (QED) is 0.823. The molecule has 0 amide bonds. The van der Waals surface area contributed by atoms with Crippen LogP contribution in [0.15, 0.2) is 12.1 Å². The van der Waals surface area contributed by atoms with Crippen LogP contribution in [-0.4, -0.2) is 12.1 Å². The van der Waals surface area contributed by atoms with E-state index in [0.717, 1.165) is 41.2 Å². The molecule has 0 aliphatic rings. The number of nitrogens with two attached hydrogens (primary N) is 1. The smallest absolute Gasteiger partial charge is 0.122 e. The average molecular weight is 258 g/mol. The van der Waals surface area contributed by atoms with Crippen molar-refractivity contribution in [2.24, 2.45) is 5.73 Å². The van der Waals surface area contributed by atoms with Crippen molar-refractivity contribution in [2.45, 2.75) is 26.2 Å². The maximum Gasteiger partial charge on any atom is 0.122 e. The van der Waals surface area contributed by atoms with Crippen LogP contribution in [0.1, 0.15) is 24.0 Å². The molecule has 0 aromatic heterocycles. The fourth-order valence-electron chi connectivity index (χ4n) is 1.53. The standard InChI is InChI=1S/C12H16ClNOS/c1-8-6-11(15-2)9(7-10(8)13)4-3-5-12(14)16/h6-7H,3-5H2,1-2H3,(H2,14,16). The third kappa shape index (κ3) is 3.65. The van der Waals surface area contributed by atoms with Gasteiger partial charge in [-0.05, 0) is 49.4 Å². The number of rotatable bonds is 5. The van der Waals surface area contributed by atoms with Crippen molar-refractivity contribution in [3.05, 3.63) is 28.3 Å². The van der Waals surface area contributed by atoms with E-state index >= 15 is 0 Å². The Labute approximate surface area is 107 Å². The van der Waals surface area contributed by atoms with Crippen molar-refractivity contribution in [1.29, 1.82) is 0 Å². The largest absolute Gasteiger partial charge is 0.496 e. The molecule has 0 atom stereocenters. The molecular weight excluding hydrogens is 242 g/mol. The van der Waals surface area contributed by atoms with Gasteiger partial charge in [-0.1, -0.05) is 23.8 Å². The van der Waals surface area contributed by atoms with Crippen molar-refractivity contribution < 1.29 is 4.74 Å². The molecule has 0 saturated heterocycles. The van der Waals surface area contributed by atoms with E-state index < -0.39 is 0 Å². The average Bonchev–Trinajstić information content (AvgIpc) is 2.22. The van der Waals surface area contributed by atoms with E-state index in [1.807, 2.05) is 19.1 Å². The fourth-order valence-corrected chi connectivity index (χ4v) is 1.87. The molecule has 0 radical (unpaired) electrons. The maximum absolute atomic E-state index is 6.08. The predicted octanol–water partition coefficient (Wildman–Crippen LogP) is 3.27. The number of benzene rings is 1. The second-order valence-corrected chi connectivity index (χ2v) is 4.66. The molecule has 0 bridgehead atoms. The summed E-state index contributed by atoms with van der Waals surface area (Å²) in [4.78, 5) is 0.553. The zero-order valence-electron chi connectivity index (χ0n) is 9.55. The van der Waals surface area contributed by atoms with E-state index in [1.165, 1.54) is 0 Å². The Hall–Kier alpha value is -0.800. The van der Waals surface area contributed by atoms with Crippen LogP contribution < -0.4 is 10.5 Å². The first kappa shape index (κ1) is 13.3. The SMILES string of the molecule is COc1cc(C)c(Cl)cc1CCCC(N)=S. The van der Waals surface area contributed by atoms with Crippen molar-refractivity contribution in [3.8, 4) is 5.75 Å². The van der Waals surface area contributed by atoms with Gasteiger partial charge in [-0.3, -0.25) is 0 Å². The summed E-state index contributed by atoms with van der Waals surface area (Å²) in [6.07, 6.45) is 2.55. The highest BCUT2D eigenvalue weighted by Gasteiger charge is 2.06. The molecule has 1 rings (SSSR count). The van der Waals surface area contributed by atoms with E-state index in [1.54, 1.807) is 7.11 Å². The first-order valence-corrected chi connectivity index (χ1v) is 5.94. The van der Waals surface area contributed by atoms with Gasteiger partial charge in [0.25, 0.3) is 0 Å². The topological polar surface area (TPSA) is 35.2 Å². The van der Waals surface area contributed by atoms with E-state index in [-0.39, 0.29) is 0 Å². The molecule has 0 saturated carbocycles. The summed E-state index contributed by atoms with van der Waals surface area (Å²) in [5, 5.41) is 0.770. The molecule has 0 unspecified atom stereocenters. The first-order chi connectivity index (χ1) is 7.54. The van der Waals surface area contributed by atoms with Crippen LogP contribution in [0.25, 0.3) is 0 Å². The highest BCUT2D eigenvalue weighted by molar-refractivity contribution is 7.80. The second-order valence-electron chi connectivity index (χ2n) is 3.73. The van der Waals surface area contributed by atoms with Crippen molar-refractivity contribution in [1.82, 2.24) is 0 Å². The number of halogens is 1. The molecule has 0 heterocycles. The Morgan fingerprint density at radius 3 is 2.75 bits per heavy atom. The second kappa shape index (κ2) is 6.06. The lowest BCUT2D eigenvalue weighted by Gasteiger charge is -2.10. The zero-order chi connectivity index (χ0) is 12.1. The lowest BCUT2D eigenvalue weighted by atomic mass is 10.0. The summed E-state index contributed by atoms with van der Waals surface area (Å²) in [5.41, 5.74) is 7.59. The van der Waals surface area contributed by atoms with Crippen molar-refractivity contribution in [3.63, 3.8) is 0 Å². The molecular formula is C12H16ClNOS. The summed E-state index contributed by atoms with van der Waals surface area (Å²) in [7, 11) is 1.67. The van der Waals surface area contributed by atoms with E-state index in [0.29, 0.717) is 4.99 Å². The molecule has 16 heavy (non-hydrogen) atoms. The molecule has 2 nitrogen and oxygen atoms in total. The van der Waals surface area contributed by atoms with E-state index in [2.05, 4.69) is 0 Å². The molecule has 0 aliphatic carbocycles. The van der Waals surface area contributed by atoms with Crippen molar-refractivity contribution in [2.75, 3.05) is 7.11 Å². The van der Waals surface area contributed by atoms with Gasteiger partial charge in [-0.25, -0.2) is 0 Å². The molecule has 88 valence electrons. The van der Waals surface area contributed by atoms with Crippen LogP contribution in [-0.2, 0) is 6.42 Å². The monoisotopic (exact) mass is 257 g/mol. The van der Waals surface area contributed by atoms with Crippen LogP contribution in [0.3, 0.4) is 0 Å². The molecule has 4 heteroatoms. The van der Waals surface area contributed by atoms with Crippen LogP contribution in [0.5, 0.6) is 5.75 Å². The minimum atomic E-state index is 0.553. The lowest BCUT2D eigenvalue weighted by molar-refractivity contribution is 0.409. The van der Waals surface area contributed by atoms with E-state index in [9.17, 15) is 0 Å². The van der Waals surface area contributed by atoms with Gasteiger partial charge in [0.05, 0.1) is 12.1 Å². The minimum absolute atomic E-state index is 0.553. The number of hydrogen-bond donors (Lipinski definition) is 1. The highest BCUT2D eigenvalue weighted by Crippen LogP contribution is 2.27. The van der Waals surface area contributed by atoms with Crippen LogP contribution >= 0.6 is 23.8 Å². The van der Waals surface area contributed by atoms with Gasteiger partial charge in [0, 0.05) is 5.02 Å². The number of hydrogen-bond acceptors (Lipinski definition) is 2. The fraction of sp³-hybridized carbons (Fsp3) is 0.417. The van der Waals surface area contributed by atoms with Gasteiger partial charge in [-0.15, -0.1) is 0 Å². The Balaban J connectivity index is 2.77. The summed E-state index contributed by atoms with van der Waals surface area (Å²) >= 11 is 10.9. The predicted molar refractivity (Wildman–Crippen MR) is 72.5 cm³/mol. The van der Waals surface area contributed by atoms with Crippen LogP contribution in [0.2, 0.25) is 5.02 Å². The van der Waals surface area contributed by atoms with Crippen molar-refractivity contribution >= 4 is 28.8 Å². The van der Waals surface area contributed by atoms with Gasteiger partial charge in [0.15, 0.2) is 0 Å². The number of aryl methyl sites for hydroxylation is 2. The molecule has 2 N–H and O–H groups in total. The number of methoxy groups -OCH3 is 1. The van der Waals surface area contributed by atoms with Gasteiger partial charge in [-0.2, -0.15) is 0 Å². The molecule has 0 fully saturated rings. The molecule has 1 aromatic rings. The lowest BCUT2D eigenvalue weighted by Crippen LogP contribution is -2.07. The molecule has 0 aliphatic heterocycles. The Bertz CT molecular complexity index is 393. The van der Waals surface area contributed by atoms with Gasteiger partial charge in [0.1, 0.15) is 5.75 Å². The number of thiocarbonyl (C=S) groups is 1. The van der Waals surface area contributed by atoms with Crippen LogP contribution in [0.4, 0.5) is 0 Å². The Kier molecular flexibility index (Phi) is 5.03. The van der Waals surface area contributed by atoms with Gasteiger partial charge >= 0.3 is 0 Å². The van der Waals surface area contributed by atoms with Crippen LogP contribution in [0, 0.1) is 6.92 Å². The summed E-state index contributed by atoms with van der Waals surface area (Å²) in [5.74, 6) is 0.879. The maximum atomic E-state index is 6.08. The summed E-state index contributed by atoms with van der Waals surface area (Å²) in [6.45, 7) is 1.96. The first-order valence-electron chi connectivity index (χ1n) is 5.16. The zero-order valence-corrected chi connectivity index (χ0v) is 11.1. The summed E-state index contributed by atoms with van der Waals surface area (Å²) in [6, 6.07) is 3.91. The Morgan fingerprint density at radius 2 is 2.19 bits per heavy atom. The Morgan fingerprint density at radius 1 is 1.50 bits per heavy atom. The normalized spacial score (nSPS) is 10.2. The third-order valence-corrected chi connectivity index (χ3v) is 3.04.